The summed E-state index contributed by atoms with van der Waals surface area (Å²) in [6.45, 7) is 4.23. The molecule has 2 amide bonds. The molecule has 18 heavy (non-hydrogen) atoms. The summed E-state index contributed by atoms with van der Waals surface area (Å²) in [7, 11) is 0. The van der Waals surface area contributed by atoms with Crippen LogP contribution in [0.1, 0.15) is 26.7 Å². The number of benzene rings is 1. The molecule has 0 spiro atoms. The fraction of sp³-hybridized carbons (Fsp3) is 0.500. The number of likely N-dealkylation sites (tertiary alicyclic amines) is 1. The number of amides is 2. The molecule has 1 aliphatic rings. The van der Waals surface area contributed by atoms with Gasteiger partial charge in [-0.15, -0.1) is 11.8 Å². The van der Waals surface area contributed by atoms with Crippen molar-refractivity contribution in [3.63, 3.8) is 0 Å². The van der Waals surface area contributed by atoms with Gasteiger partial charge in [-0.2, -0.15) is 0 Å². The molecule has 4 heteroatoms. The smallest absolute Gasteiger partial charge is 0.319 e. The SMILES string of the molecule is CSc1ccccc1NC(=O)N1[C@H](C)CC[C@@H]1C. The number of nitrogens with zero attached hydrogens (tertiary/aromatic N) is 1. The van der Waals surface area contributed by atoms with Crippen molar-refractivity contribution in [3.8, 4) is 0 Å². The summed E-state index contributed by atoms with van der Waals surface area (Å²) in [5, 5.41) is 3.03. The van der Waals surface area contributed by atoms with Gasteiger partial charge >= 0.3 is 6.03 Å². The van der Waals surface area contributed by atoms with Crippen molar-refractivity contribution in [2.75, 3.05) is 11.6 Å². The lowest BCUT2D eigenvalue weighted by atomic mass is 10.2. The monoisotopic (exact) mass is 264 g/mol. The number of rotatable bonds is 2. The number of anilines is 1. The predicted octanol–water partition coefficient (Wildman–Crippen LogP) is 3.81. The summed E-state index contributed by atoms with van der Waals surface area (Å²) in [5.74, 6) is 0. The fourth-order valence-corrected chi connectivity index (χ4v) is 3.08. The van der Waals surface area contributed by atoms with Crippen molar-refractivity contribution in [2.24, 2.45) is 0 Å². The zero-order valence-corrected chi connectivity index (χ0v) is 12.0. The first-order valence-electron chi connectivity index (χ1n) is 6.36. The molecule has 2 atom stereocenters. The third kappa shape index (κ3) is 2.64. The first-order chi connectivity index (χ1) is 8.63. The maximum Gasteiger partial charge on any atom is 0.322 e. The van der Waals surface area contributed by atoms with Gasteiger partial charge < -0.3 is 10.2 Å². The summed E-state index contributed by atoms with van der Waals surface area (Å²) in [6.07, 6.45) is 4.21. The molecule has 1 fully saturated rings. The lowest BCUT2D eigenvalue weighted by Crippen LogP contribution is -2.41. The quantitative estimate of drug-likeness (QED) is 0.824. The molecule has 1 aliphatic heterocycles. The summed E-state index contributed by atoms with van der Waals surface area (Å²) >= 11 is 1.65. The number of carbonyl (C=O) groups excluding carboxylic acids is 1. The minimum Gasteiger partial charge on any atom is -0.319 e. The van der Waals surface area contributed by atoms with E-state index in [1.54, 1.807) is 11.8 Å². The number of carbonyl (C=O) groups is 1. The van der Waals surface area contributed by atoms with E-state index in [1.807, 2.05) is 35.4 Å². The Morgan fingerprint density at radius 3 is 2.50 bits per heavy atom. The molecule has 0 aromatic heterocycles. The van der Waals surface area contributed by atoms with Crippen LogP contribution in [0.4, 0.5) is 10.5 Å². The molecule has 0 aliphatic carbocycles. The van der Waals surface area contributed by atoms with E-state index in [4.69, 9.17) is 0 Å². The highest BCUT2D eigenvalue weighted by molar-refractivity contribution is 7.98. The van der Waals surface area contributed by atoms with Crippen molar-refractivity contribution in [2.45, 2.75) is 43.7 Å². The average molecular weight is 264 g/mol. The van der Waals surface area contributed by atoms with Crippen molar-refractivity contribution < 1.29 is 4.79 Å². The van der Waals surface area contributed by atoms with Gasteiger partial charge in [0.1, 0.15) is 0 Å². The molecule has 1 aromatic carbocycles. The van der Waals surface area contributed by atoms with E-state index in [9.17, 15) is 4.79 Å². The Morgan fingerprint density at radius 1 is 1.28 bits per heavy atom. The van der Waals surface area contributed by atoms with Gasteiger partial charge in [-0.25, -0.2) is 4.79 Å². The first kappa shape index (κ1) is 13.3. The Bertz CT molecular complexity index is 426. The molecule has 1 heterocycles. The molecule has 0 unspecified atom stereocenters. The second-order valence-electron chi connectivity index (χ2n) is 4.81. The van der Waals surface area contributed by atoms with E-state index >= 15 is 0 Å². The Balaban J connectivity index is 2.11. The highest BCUT2D eigenvalue weighted by Crippen LogP contribution is 2.28. The van der Waals surface area contributed by atoms with E-state index in [0.29, 0.717) is 12.1 Å². The molecule has 1 N–H and O–H groups in total. The third-order valence-corrected chi connectivity index (χ3v) is 4.33. The molecular formula is C14H20N2OS. The Morgan fingerprint density at radius 2 is 1.89 bits per heavy atom. The maximum atomic E-state index is 12.3. The number of para-hydroxylation sites is 1. The van der Waals surface area contributed by atoms with Crippen molar-refractivity contribution in [3.05, 3.63) is 24.3 Å². The minimum atomic E-state index is 0.0222. The predicted molar refractivity (Wildman–Crippen MR) is 77.2 cm³/mol. The topological polar surface area (TPSA) is 32.3 Å². The third-order valence-electron chi connectivity index (χ3n) is 3.54. The first-order valence-corrected chi connectivity index (χ1v) is 7.58. The summed E-state index contributed by atoms with van der Waals surface area (Å²) < 4.78 is 0. The average Bonchev–Trinajstić information content (AvgIpc) is 2.69. The molecule has 98 valence electrons. The van der Waals surface area contributed by atoms with Gasteiger partial charge in [0.25, 0.3) is 0 Å². The molecule has 3 nitrogen and oxygen atoms in total. The van der Waals surface area contributed by atoms with E-state index in [1.165, 1.54) is 0 Å². The number of hydrogen-bond donors (Lipinski definition) is 1. The van der Waals surface area contributed by atoms with Crippen molar-refractivity contribution in [1.82, 2.24) is 4.90 Å². The lowest BCUT2D eigenvalue weighted by Gasteiger charge is -2.26. The number of hydrogen-bond acceptors (Lipinski definition) is 2. The van der Waals surface area contributed by atoms with Crippen LogP contribution in [0.15, 0.2) is 29.2 Å². The Kier molecular flexibility index (Phi) is 4.17. The highest BCUT2D eigenvalue weighted by atomic mass is 32.2. The fourth-order valence-electron chi connectivity index (χ4n) is 2.52. The van der Waals surface area contributed by atoms with Crippen LogP contribution in [0.5, 0.6) is 0 Å². The summed E-state index contributed by atoms with van der Waals surface area (Å²) in [5.41, 5.74) is 0.904. The van der Waals surface area contributed by atoms with Crippen LogP contribution in [0.25, 0.3) is 0 Å². The molecule has 0 saturated carbocycles. The van der Waals surface area contributed by atoms with Gasteiger partial charge in [0.2, 0.25) is 0 Å². The van der Waals surface area contributed by atoms with Crippen LogP contribution in [-0.2, 0) is 0 Å². The largest absolute Gasteiger partial charge is 0.322 e. The summed E-state index contributed by atoms with van der Waals surface area (Å²) in [6, 6.07) is 8.61. The number of thioether (sulfide) groups is 1. The lowest BCUT2D eigenvalue weighted by molar-refractivity contribution is 0.194. The zero-order chi connectivity index (χ0) is 13.1. The van der Waals surface area contributed by atoms with Crippen LogP contribution in [0.3, 0.4) is 0 Å². The van der Waals surface area contributed by atoms with Gasteiger partial charge in [0.15, 0.2) is 0 Å². The van der Waals surface area contributed by atoms with Crippen LogP contribution in [0.2, 0.25) is 0 Å². The van der Waals surface area contributed by atoms with Crippen molar-refractivity contribution in [1.29, 1.82) is 0 Å². The molecule has 1 aromatic rings. The zero-order valence-electron chi connectivity index (χ0n) is 11.1. The number of nitrogens with one attached hydrogen (secondary N) is 1. The van der Waals surface area contributed by atoms with Gasteiger partial charge in [-0.3, -0.25) is 0 Å². The molecule has 0 bridgehead atoms. The van der Waals surface area contributed by atoms with E-state index in [0.717, 1.165) is 23.4 Å². The normalized spacial score (nSPS) is 23.2. The van der Waals surface area contributed by atoms with E-state index in [-0.39, 0.29) is 6.03 Å². The molecular weight excluding hydrogens is 244 g/mol. The Labute approximate surface area is 113 Å². The van der Waals surface area contributed by atoms with Crippen LogP contribution in [-0.4, -0.2) is 29.3 Å². The molecule has 1 saturated heterocycles. The van der Waals surface area contributed by atoms with Gasteiger partial charge in [-0.05, 0) is 45.1 Å². The van der Waals surface area contributed by atoms with Crippen LogP contribution in [0, 0.1) is 0 Å². The second-order valence-corrected chi connectivity index (χ2v) is 5.66. The molecule has 2 rings (SSSR count). The van der Waals surface area contributed by atoms with Crippen LogP contribution < -0.4 is 5.32 Å². The van der Waals surface area contributed by atoms with Gasteiger partial charge in [0.05, 0.1) is 5.69 Å². The van der Waals surface area contributed by atoms with Crippen LogP contribution >= 0.6 is 11.8 Å². The highest BCUT2D eigenvalue weighted by Gasteiger charge is 2.31. The minimum absolute atomic E-state index is 0.0222. The standard InChI is InChI=1S/C14H20N2OS/c1-10-8-9-11(2)16(10)14(17)15-12-6-4-5-7-13(12)18-3/h4-7,10-11H,8-9H2,1-3H3,(H,15,17)/t10-,11+. The second kappa shape index (κ2) is 5.65. The molecule has 0 radical (unpaired) electrons. The van der Waals surface area contributed by atoms with Crippen molar-refractivity contribution >= 4 is 23.5 Å². The maximum absolute atomic E-state index is 12.3. The van der Waals surface area contributed by atoms with Gasteiger partial charge in [-0.1, -0.05) is 12.1 Å². The van der Waals surface area contributed by atoms with E-state index in [2.05, 4.69) is 19.2 Å². The van der Waals surface area contributed by atoms with Gasteiger partial charge in [0, 0.05) is 17.0 Å². The Hall–Kier alpha value is -1.16. The summed E-state index contributed by atoms with van der Waals surface area (Å²) in [4.78, 5) is 15.4. The number of urea groups is 1. The van der Waals surface area contributed by atoms with E-state index < -0.39 is 0 Å².